The maximum absolute atomic E-state index is 11.7. The molecule has 0 aliphatic heterocycles. The number of urea groups is 1. The van der Waals surface area contributed by atoms with Gasteiger partial charge in [0.1, 0.15) is 0 Å². The fourth-order valence-corrected chi connectivity index (χ4v) is 2.15. The zero-order chi connectivity index (χ0) is 15.1. The summed E-state index contributed by atoms with van der Waals surface area (Å²) in [6.45, 7) is 10.1. The second kappa shape index (κ2) is 7.75. The van der Waals surface area contributed by atoms with Crippen molar-refractivity contribution < 1.29 is 4.79 Å². The molecule has 4 N–H and O–H groups in total. The van der Waals surface area contributed by atoms with Crippen LogP contribution in [0, 0.1) is 0 Å². The summed E-state index contributed by atoms with van der Waals surface area (Å²) < 4.78 is 0. The molecular weight excluding hydrogens is 252 g/mol. The van der Waals surface area contributed by atoms with Gasteiger partial charge in [-0.2, -0.15) is 0 Å². The van der Waals surface area contributed by atoms with Crippen LogP contribution < -0.4 is 16.4 Å². The van der Waals surface area contributed by atoms with E-state index in [9.17, 15) is 4.79 Å². The summed E-state index contributed by atoms with van der Waals surface area (Å²) in [6, 6.07) is 7.83. The van der Waals surface area contributed by atoms with Crippen molar-refractivity contribution in [1.29, 1.82) is 0 Å². The van der Waals surface area contributed by atoms with Crippen LogP contribution in [0.25, 0.3) is 0 Å². The third-order valence-corrected chi connectivity index (χ3v) is 3.15. The Bertz CT molecular complexity index is 406. The normalized spacial score (nSPS) is 11.2. The largest absolute Gasteiger partial charge is 0.399 e. The Morgan fingerprint density at radius 3 is 2.20 bits per heavy atom. The van der Waals surface area contributed by atoms with Crippen molar-refractivity contribution in [3.05, 3.63) is 24.3 Å². The van der Waals surface area contributed by atoms with E-state index < -0.39 is 0 Å². The Balaban J connectivity index is 2.34. The van der Waals surface area contributed by atoms with Crippen molar-refractivity contribution in [2.45, 2.75) is 39.8 Å². The zero-order valence-corrected chi connectivity index (χ0v) is 12.8. The molecule has 0 radical (unpaired) electrons. The summed E-state index contributed by atoms with van der Waals surface area (Å²) >= 11 is 0. The Morgan fingerprint density at radius 1 is 1.15 bits per heavy atom. The fourth-order valence-electron chi connectivity index (χ4n) is 2.15. The summed E-state index contributed by atoms with van der Waals surface area (Å²) in [4.78, 5) is 14.1. The lowest BCUT2D eigenvalue weighted by atomic mass is 10.2. The molecule has 0 aliphatic rings. The number of nitrogens with zero attached hydrogens (tertiary/aromatic N) is 1. The van der Waals surface area contributed by atoms with Crippen LogP contribution in [0.1, 0.15) is 27.7 Å². The number of nitrogens with one attached hydrogen (secondary N) is 2. The molecule has 5 heteroatoms. The van der Waals surface area contributed by atoms with Gasteiger partial charge in [0.15, 0.2) is 0 Å². The van der Waals surface area contributed by atoms with Gasteiger partial charge in [-0.15, -0.1) is 0 Å². The molecule has 0 unspecified atom stereocenters. The van der Waals surface area contributed by atoms with Crippen LogP contribution in [-0.2, 0) is 0 Å². The highest BCUT2D eigenvalue weighted by molar-refractivity contribution is 5.89. The minimum absolute atomic E-state index is 0.192. The highest BCUT2D eigenvalue weighted by atomic mass is 16.2. The van der Waals surface area contributed by atoms with Gasteiger partial charge in [0.2, 0.25) is 0 Å². The molecule has 1 aromatic rings. The van der Waals surface area contributed by atoms with E-state index >= 15 is 0 Å². The number of carbonyl (C=O) groups excluding carboxylic acids is 1. The second-order valence-electron chi connectivity index (χ2n) is 5.43. The number of amides is 2. The number of nitrogens with two attached hydrogens (primary N) is 1. The Labute approximate surface area is 121 Å². The minimum Gasteiger partial charge on any atom is -0.399 e. The Kier molecular flexibility index (Phi) is 6.31. The third-order valence-electron chi connectivity index (χ3n) is 3.15. The first-order valence-corrected chi connectivity index (χ1v) is 7.06. The van der Waals surface area contributed by atoms with Gasteiger partial charge >= 0.3 is 6.03 Å². The SMILES string of the molecule is CC(C)N(CCNC(=O)Nc1ccc(N)cc1)C(C)C. The van der Waals surface area contributed by atoms with E-state index in [1.165, 1.54) is 0 Å². The molecule has 0 aliphatic carbocycles. The number of benzene rings is 1. The number of hydrogen-bond donors (Lipinski definition) is 3. The molecule has 0 fully saturated rings. The molecule has 0 heterocycles. The fraction of sp³-hybridized carbons (Fsp3) is 0.533. The van der Waals surface area contributed by atoms with Gasteiger partial charge in [0.05, 0.1) is 0 Å². The molecule has 112 valence electrons. The van der Waals surface area contributed by atoms with E-state index in [2.05, 4.69) is 43.2 Å². The summed E-state index contributed by atoms with van der Waals surface area (Å²) in [5.74, 6) is 0. The van der Waals surface area contributed by atoms with Gasteiger partial charge in [0.25, 0.3) is 0 Å². The Hall–Kier alpha value is -1.75. The molecule has 0 aromatic heterocycles. The van der Waals surface area contributed by atoms with E-state index in [1.807, 2.05) is 0 Å². The van der Waals surface area contributed by atoms with Gasteiger partial charge in [-0.25, -0.2) is 4.79 Å². The number of rotatable bonds is 6. The molecule has 1 aromatic carbocycles. The molecule has 0 spiro atoms. The quantitative estimate of drug-likeness (QED) is 0.700. The first-order chi connectivity index (χ1) is 9.40. The van der Waals surface area contributed by atoms with E-state index in [-0.39, 0.29) is 6.03 Å². The third kappa shape index (κ3) is 5.48. The van der Waals surface area contributed by atoms with E-state index in [4.69, 9.17) is 5.73 Å². The number of carbonyl (C=O) groups is 1. The monoisotopic (exact) mass is 278 g/mol. The van der Waals surface area contributed by atoms with Crippen LogP contribution in [0.4, 0.5) is 16.2 Å². The van der Waals surface area contributed by atoms with E-state index in [1.54, 1.807) is 24.3 Å². The van der Waals surface area contributed by atoms with Crippen molar-refractivity contribution in [1.82, 2.24) is 10.2 Å². The van der Waals surface area contributed by atoms with Crippen molar-refractivity contribution in [3.8, 4) is 0 Å². The molecule has 20 heavy (non-hydrogen) atoms. The summed E-state index contributed by atoms with van der Waals surface area (Å²) in [5, 5.41) is 5.64. The minimum atomic E-state index is -0.192. The highest BCUT2D eigenvalue weighted by Crippen LogP contribution is 2.10. The van der Waals surface area contributed by atoms with Crippen LogP contribution in [-0.4, -0.2) is 36.1 Å². The average molecular weight is 278 g/mol. The highest BCUT2D eigenvalue weighted by Gasteiger charge is 2.12. The van der Waals surface area contributed by atoms with Crippen LogP contribution in [0.2, 0.25) is 0 Å². The van der Waals surface area contributed by atoms with Gasteiger partial charge in [-0.1, -0.05) is 0 Å². The maximum Gasteiger partial charge on any atom is 0.319 e. The van der Waals surface area contributed by atoms with Gasteiger partial charge in [-0.05, 0) is 52.0 Å². The van der Waals surface area contributed by atoms with Crippen LogP contribution in [0.15, 0.2) is 24.3 Å². The van der Waals surface area contributed by atoms with Crippen molar-refractivity contribution >= 4 is 17.4 Å². The topological polar surface area (TPSA) is 70.4 Å². The van der Waals surface area contributed by atoms with E-state index in [0.29, 0.717) is 24.3 Å². The standard InChI is InChI=1S/C15H26N4O/c1-11(2)19(12(3)4)10-9-17-15(20)18-14-7-5-13(16)6-8-14/h5-8,11-12H,9-10,16H2,1-4H3,(H2,17,18,20). The molecule has 1 rings (SSSR count). The molecule has 0 atom stereocenters. The molecule has 0 saturated carbocycles. The van der Waals surface area contributed by atoms with Crippen LogP contribution >= 0.6 is 0 Å². The first kappa shape index (κ1) is 16.3. The predicted octanol–water partition coefficient (Wildman–Crippen LogP) is 2.51. The molecular formula is C15H26N4O. The summed E-state index contributed by atoms with van der Waals surface area (Å²) in [6.07, 6.45) is 0. The summed E-state index contributed by atoms with van der Waals surface area (Å²) in [5.41, 5.74) is 7.01. The lowest BCUT2D eigenvalue weighted by molar-refractivity contribution is 0.176. The van der Waals surface area contributed by atoms with Crippen LogP contribution in [0.3, 0.4) is 0 Å². The van der Waals surface area contributed by atoms with Gasteiger partial charge in [-0.3, -0.25) is 4.90 Å². The maximum atomic E-state index is 11.7. The predicted molar refractivity (Wildman–Crippen MR) is 84.9 cm³/mol. The smallest absolute Gasteiger partial charge is 0.319 e. The molecule has 0 saturated heterocycles. The zero-order valence-electron chi connectivity index (χ0n) is 12.8. The number of anilines is 2. The van der Waals surface area contributed by atoms with Crippen molar-refractivity contribution in [2.24, 2.45) is 0 Å². The van der Waals surface area contributed by atoms with Crippen molar-refractivity contribution in [3.63, 3.8) is 0 Å². The number of hydrogen-bond acceptors (Lipinski definition) is 3. The second-order valence-corrected chi connectivity index (χ2v) is 5.43. The van der Waals surface area contributed by atoms with Crippen LogP contribution in [0.5, 0.6) is 0 Å². The van der Waals surface area contributed by atoms with Gasteiger partial charge in [0, 0.05) is 36.5 Å². The lowest BCUT2D eigenvalue weighted by Gasteiger charge is -2.30. The first-order valence-electron chi connectivity index (χ1n) is 7.06. The average Bonchev–Trinajstić information content (AvgIpc) is 2.36. The summed E-state index contributed by atoms with van der Waals surface area (Å²) in [7, 11) is 0. The van der Waals surface area contributed by atoms with Gasteiger partial charge < -0.3 is 16.4 Å². The molecule has 0 bridgehead atoms. The lowest BCUT2D eigenvalue weighted by Crippen LogP contribution is -2.43. The van der Waals surface area contributed by atoms with E-state index in [0.717, 1.165) is 12.2 Å². The van der Waals surface area contributed by atoms with Crippen molar-refractivity contribution in [2.75, 3.05) is 24.1 Å². The number of nitrogen functional groups attached to an aromatic ring is 1. The molecule has 5 nitrogen and oxygen atoms in total. The Morgan fingerprint density at radius 2 is 1.70 bits per heavy atom. The molecule has 2 amide bonds.